The average molecular weight is 581 g/mol. The number of nitrogens with zero attached hydrogens (tertiary/aromatic N) is 4. The van der Waals surface area contributed by atoms with Crippen molar-refractivity contribution in [1.29, 1.82) is 0 Å². The molecule has 1 aromatic heterocycles. The quantitative estimate of drug-likeness (QED) is 0.393. The zero-order valence-electron chi connectivity index (χ0n) is 25.1. The third kappa shape index (κ3) is 6.01. The van der Waals surface area contributed by atoms with Gasteiger partial charge in [0.25, 0.3) is 0 Å². The number of amides is 2. The van der Waals surface area contributed by atoms with Gasteiger partial charge in [-0.2, -0.15) is 0 Å². The third-order valence-corrected chi connectivity index (χ3v) is 8.62. The van der Waals surface area contributed by atoms with E-state index in [4.69, 9.17) is 4.74 Å². The molecule has 2 amide bonds. The minimum Gasteiger partial charge on any atom is -2.00 e. The summed E-state index contributed by atoms with van der Waals surface area (Å²) in [5.74, 6) is -0.481. The van der Waals surface area contributed by atoms with Crippen LogP contribution in [0.4, 0.5) is 9.18 Å². The van der Waals surface area contributed by atoms with Gasteiger partial charge in [0.2, 0.25) is 0 Å². The molecule has 43 heavy (non-hydrogen) atoms. The van der Waals surface area contributed by atoms with E-state index in [2.05, 4.69) is 4.98 Å². The number of benzene rings is 2. The van der Waals surface area contributed by atoms with Gasteiger partial charge in [0.1, 0.15) is 5.60 Å². The maximum absolute atomic E-state index is 15.5. The summed E-state index contributed by atoms with van der Waals surface area (Å²) in [6, 6.07) is 10.4. The van der Waals surface area contributed by atoms with Gasteiger partial charge < -0.3 is 15.1 Å². The molecule has 0 aliphatic carbocycles. The molecule has 222 valence electrons. The van der Waals surface area contributed by atoms with Gasteiger partial charge in [-0.3, -0.25) is 0 Å². The van der Waals surface area contributed by atoms with Crippen molar-refractivity contribution in [2.24, 2.45) is 0 Å². The van der Waals surface area contributed by atoms with E-state index in [0.717, 1.165) is 43.5 Å². The molecule has 1 fully saturated rings. The van der Waals surface area contributed by atoms with Gasteiger partial charge in [-0.25, -0.2) is 4.79 Å². The molecule has 9 nitrogen and oxygen atoms in total. The summed E-state index contributed by atoms with van der Waals surface area (Å²) >= 11 is 1.46. The van der Waals surface area contributed by atoms with Crippen molar-refractivity contribution in [2.45, 2.75) is 77.1 Å². The van der Waals surface area contributed by atoms with Gasteiger partial charge >= 0.3 is 188 Å². The second-order valence-corrected chi connectivity index (χ2v) is 12.7. The molecule has 3 aliphatic heterocycles. The zero-order chi connectivity index (χ0) is 29.8. The van der Waals surface area contributed by atoms with Crippen LogP contribution in [0.5, 0.6) is 0 Å². The number of ether oxygens (including phenoxy) is 1. The maximum Gasteiger partial charge on any atom is -2.00 e. The Morgan fingerprint density at radius 2 is 1.77 bits per heavy atom. The van der Waals surface area contributed by atoms with E-state index in [1.54, 1.807) is 17.3 Å². The molecule has 3 aromatic rings. The van der Waals surface area contributed by atoms with Crippen molar-refractivity contribution < 1.29 is 29.0 Å². The topological polar surface area (TPSA) is 113 Å². The molecule has 0 N–H and O–H groups in total. The predicted molar refractivity (Wildman–Crippen MR) is 156 cm³/mol. The average Bonchev–Trinajstić information content (AvgIpc) is 3.65. The van der Waals surface area contributed by atoms with Crippen LogP contribution in [0.15, 0.2) is 42.7 Å². The van der Waals surface area contributed by atoms with Crippen LogP contribution in [-0.4, -0.2) is 72.2 Å². The molecule has 1 unspecified atom stereocenters. The number of fused-ring (bicyclic) bond motifs is 2. The van der Waals surface area contributed by atoms with Crippen molar-refractivity contribution in [3.63, 3.8) is 0 Å². The Bertz CT molecular complexity index is 1560. The van der Waals surface area contributed by atoms with E-state index < -0.39 is 17.5 Å². The second-order valence-electron chi connectivity index (χ2n) is 12.7. The first-order valence-corrected chi connectivity index (χ1v) is 14.8. The van der Waals surface area contributed by atoms with Gasteiger partial charge in [-0.15, -0.1) is 0 Å². The number of imidazole rings is 1. The van der Waals surface area contributed by atoms with Crippen molar-refractivity contribution in [2.75, 3.05) is 13.1 Å². The van der Waals surface area contributed by atoms with E-state index in [-0.39, 0.29) is 28.5 Å². The second kappa shape index (κ2) is 11.9. The first-order valence-electron chi connectivity index (χ1n) is 14.8. The van der Waals surface area contributed by atoms with Crippen molar-refractivity contribution >= 4 is 34.2 Å². The number of aromatic nitrogens is 2. The Morgan fingerprint density at radius 1 is 1.07 bits per heavy atom. The van der Waals surface area contributed by atoms with Gasteiger partial charge in [0.15, 0.2) is 0 Å². The summed E-state index contributed by atoms with van der Waals surface area (Å²) in [6.45, 7) is 7.77. The van der Waals surface area contributed by atoms with E-state index in [1.165, 1.54) is 34.2 Å². The molecule has 1 atom stereocenters. The number of carbonyl (C=O) groups excluding carboxylic acids is 3. The first kappa shape index (κ1) is 31.0. The fraction of sp³-hybridized carbons (Fsp3) is 0.438. The van der Waals surface area contributed by atoms with Gasteiger partial charge in [0, 0.05) is 13.1 Å². The van der Waals surface area contributed by atoms with Crippen LogP contribution in [-0.2, 0) is 34.5 Å². The molecule has 3 aliphatic rings. The van der Waals surface area contributed by atoms with Crippen LogP contribution >= 0.6 is 0 Å². The van der Waals surface area contributed by atoms with Crippen LogP contribution < -0.4 is 0 Å². The third-order valence-electron chi connectivity index (χ3n) is 8.62. The van der Waals surface area contributed by atoms with Gasteiger partial charge in [-0.05, 0) is 33.6 Å². The first-order chi connectivity index (χ1) is 20.0. The fourth-order valence-corrected chi connectivity index (χ4v) is 6.52. The molecule has 0 bridgehead atoms. The summed E-state index contributed by atoms with van der Waals surface area (Å²) in [5, 5.41) is 0. The standard InChI is InChI=1S/C32H34FN4O4.Li.O/c1-32(2,3)41-31(40)35-13-10-22(11-14-35)20-6-8-21(9-7-20)23-15-24-25(26(33)16-23)17-37(30(24)39)28(18-38)29-27-5-4-12-36(27)19-34-29;;/h6-9,15-16,19,22,28H,4-5,10-14,17H2,1-3H3;;/q;;-2. The summed E-state index contributed by atoms with van der Waals surface area (Å²) in [5.41, 5.74) is 4.29. The molecular formula is C32H34FLiN4O5-2. The van der Waals surface area contributed by atoms with Gasteiger partial charge in [0.05, 0.1) is 0 Å². The number of rotatable bonds is 5. The van der Waals surface area contributed by atoms with Crippen LogP contribution in [0.1, 0.15) is 84.9 Å². The molecule has 0 spiro atoms. The van der Waals surface area contributed by atoms with Crippen molar-refractivity contribution in [3.05, 3.63) is 76.6 Å². The van der Waals surface area contributed by atoms with E-state index in [0.29, 0.717) is 41.4 Å². The van der Waals surface area contributed by atoms with E-state index in [1.807, 2.05) is 49.6 Å². The molecule has 11 heteroatoms. The number of hydrogen-bond donors (Lipinski definition) is 0. The van der Waals surface area contributed by atoms with Crippen LogP contribution in [0, 0.1) is 5.82 Å². The Hall–Kier alpha value is -3.45. The number of likely N-dealkylation sites (tertiary alicyclic amines) is 1. The van der Waals surface area contributed by atoms with Crippen molar-refractivity contribution in [1.82, 2.24) is 19.4 Å². The van der Waals surface area contributed by atoms with E-state index >= 15 is 4.39 Å². The summed E-state index contributed by atoms with van der Waals surface area (Å²) < 4.78 is 22.8. The van der Waals surface area contributed by atoms with E-state index in [9.17, 15) is 14.4 Å². The molecule has 2 aromatic carbocycles. The number of carbonyl (C=O) groups is 3. The maximum atomic E-state index is 15.5. The van der Waals surface area contributed by atoms with Crippen molar-refractivity contribution in [3.8, 4) is 11.1 Å². The SMILES string of the molecule is [Li][C](=O)C(c1ncn2c1CCC2)N1Cc2c(F)cc(-c3ccc(C4CCN(C(=O)OC(C)(C)C)CC4)cc3)cc2C1=O.[O-2]. The Morgan fingerprint density at radius 3 is 2.42 bits per heavy atom. The minimum atomic E-state index is -0.830. The Kier molecular flexibility index (Phi) is 8.58. The summed E-state index contributed by atoms with van der Waals surface area (Å²) in [7, 11) is 0. The van der Waals surface area contributed by atoms with Crippen LogP contribution in [0.3, 0.4) is 0 Å². The smallest absolute Gasteiger partial charge is 2.00 e. The molecule has 0 radical (unpaired) electrons. The number of piperidine rings is 1. The Labute approximate surface area is 259 Å². The molecule has 0 saturated carbocycles. The Balaban J connectivity index is 0.00000368. The zero-order valence-corrected chi connectivity index (χ0v) is 25.1. The normalized spacial score (nSPS) is 17.4. The number of hydrogen-bond acceptors (Lipinski definition) is 5. The number of aryl methyl sites for hydroxylation is 1. The van der Waals surface area contributed by atoms with Gasteiger partial charge in [-0.1, -0.05) is 0 Å². The largest absolute Gasteiger partial charge is 2.00 e. The molecular weight excluding hydrogens is 546 g/mol. The van der Waals surface area contributed by atoms with Crippen LogP contribution in [0.25, 0.3) is 11.1 Å². The summed E-state index contributed by atoms with van der Waals surface area (Å²) in [6.07, 6.45) is 4.93. The number of halogens is 1. The predicted octanol–water partition coefficient (Wildman–Crippen LogP) is 5.02. The molecule has 4 heterocycles. The molecule has 1 saturated heterocycles. The fourth-order valence-electron chi connectivity index (χ4n) is 6.52. The minimum absolute atomic E-state index is 0. The summed E-state index contributed by atoms with van der Waals surface area (Å²) in [4.78, 5) is 46.6. The molecule has 6 rings (SSSR count). The van der Waals surface area contributed by atoms with Crippen LogP contribution in [0.2, 0.25) is 0 Å². The monoisotopic (exact) mass is 580 g/mol.